The Morgan fingerprint density at radius 1 is 0.971 bits per heavy atom. The van der Waals surface area contributed by atoms with E-state index in [0.717, 1.165) is 0 Å². The summed E-state index contributed by atoms with van der Waals surface area (Å²) < 4.78 is 11.7. The van der Waals surface area contributed by atoms with Gasteiger partial charge in [-0.25, -0.2) is 4.79 Å². The number of carbonyl (C=O) groups is 3. The van der Waals surface area contributed by atoms with Gasteiger partial charge in [-0.15, -0.1) is 0 Å². The highest BCUT2D eigenvalue weighted by Crippen LogP contribution is 2.37. The molecule has 35 heavy (non-hydrogen) atoms. The average Bonchev–Trinajstić information content (AvgIpc) is 2.65. The Morgan fingerprint density at radius 3 is 2.00 bits per heavy atom. The van der Waals surface area contributed by atoms with Gasteiger partial charge >= 0.3 is 12.1 Å². The van der Waals surface area contributed by atoms with E-state index in [-0.39, 0.29) is 35.6 Å². The Morgan fingerprint density at radius 2 is 1.54 bits per heavy atom. The van der Waals surface area contributed by atoms with E-state index in [1.807, 2.05) is 20.8 Å². The lowest BCUT2D eigenvalue weighted by Gasteiger charge is -2.40. The van der Waals surface area contributed by atoms with Crippen LogP contribution in [0.25, 0.3) is 0 Å². The molecular weight excluding hydrogens is 466 g/mol. The maximum absolute atomic E-state index is 12.4. The van der Waals surface area contributed by atoms with Crippen molar-refractivity contribution in [3.8, 4) is 0 Å². The summed E-state index contributed by atoms with van der Waals surface area (Å²) in [5.41, 5.74) is -0.560. The number of nitrogens with one attached hydrogen (secondary N) is 3. The molecule has 0 aromatic carbocycles. The number of alkyl carbamates (subject to hydrolysis) is 1. The Labute approximate surface area is 213 Å². The predicted molar refractivity (Wildman–Crippen MR) is 142 cm³/mol. The van der Waals surface area contributed by atoms with Crippen LogP contribution >= 0.6 is 0 Å². The lowest BCUT2D eigenvalue weighted by atomic mass is 10.1. The molecule has 0 aromatic rings. The molecule has 0 saturated carbocycles. The van der Waals surface area contributed by atoms with E-state index in [1.165, 1.54) is 0 Å². The molecule has 2 amide bonds. The molecule has 0 fully saturated rings. The van der Waals surface area contributed by atoms with Crippen molar-refractivity contribution >= 4 is 26.3 Å². The van der Waals surface area contributed by atoms with Crippen molar-refractivity contribution in [3.05, 3.63) is 0 Å². The van der Waals surface area contributed by atoms with Crippen LogP contribution in [0.15, 0.2) is 0 Å². The van der Waals surface area contributed by atoms with Crippen LogP contribution in [-0.2, 0) is 18.8 Å². The number of hydrogen-bond donors (Lipinski definition) is 4. The average molecular weight is 518 g/mol. The van der Waals surface area contributed by atoms with Gasteiger partial charge in [0, 0.05) is 19.0 Å². The molecule has 0 saturated heterocycles. The van der Waals surface area contributed by atoms with Crippen LogP contribution in [-0.4, -0.2) is 68.3 Å². The number of rotatable bonds is 14. The topological polar surface area (TPSA) is 126 Å². The number of unbranched alkanes of at least 4 members (excludes halogenated alkanes) is 1. The zero-order chi connectivity index (χ0) is 27.6. The number of hydrogen-bond acceptors (Lipinski definition) is 6. The van der Waals surface area contributed by atoms with Crippen molar-refractivity contribution in [1.29, 1.82) is 0 Å². The quantitative estimate of drug-likeness (QED) is 0.200. The summed E-state index contributed by atoms with van der Waals surface area (Å²) in [5.74, 6) is -1.23. The molecule has 0 aliphatic rings. The molecule has 0 aromatic heterocycles. The summed E-state index contributed by atoms with van der Waals surface area (Å²) in [6, 6.07) is -1.13. The molecule has 206 valence electrons. The molecule has 10 heteroatoms. The molecule has 3 atom stereocenters. The summed E-state index contributed by atoms with van der Waals surface area (Å²) in [7, 11) is -2.08. The normalized spacial score (nSPS) is 15.3. The highest BCUT2D eigenvalue weighted by atomic mass is 28.4. The zero-order valence-corrected chi connectivity index (χ0v) is 24.8. The van der Waals surface area contributed by atoms with Crippen LogP contribution in [0.5, 0.6) is 0 Å². The van der Waals surface area contributed by atoms with Crippen LogP contribution in [0, 0.1) is 5.92 Å². The van der Waals surface area contributed by atoms with E-state index in [9.17, 15) is 19.5 Å². The second-order valence-electron chi connectivity index (χ2n) is 12.1. The largest absolute Gasteiger partial charge is 0.480 e. The van der Waals surface area contributed by atoms with Gasteiger partial charge in [-0.1, -0.05) is 34.6 Å². The first kappa shape index (κ1) is 33.3. The van der Waals surface area contributed by atoms with Crippen molar-refractivity contribution in [1.82, 2.24) is 16.0 Å². The van der Waals surface area contributed by atoms with Crippen LogP contribution < -0.4 is 16.0 Å². The minimum atomic E-state index is -2.08. The van der Waals surface area contributed by atoms with Gasteiger partial charge in [0.1, 0.15) is 11.6 Å². The standard InChI is InChI=1S/C25H51N3O6Si/c1-17(2)21(29)28-20(18(3)34-35(10,11)25(7,8)9)16-27-19(22(30)31)14-12-13-15-26-23(32)33-24(4,5)6/h17-20,27H,12-16H2,1-11H3,(H,26,32)(H,28,29)(H,30,31). The van der Waals surface area contributed by atoms with E-state index in [0.29, 0.717) is 25.8 Å². The minimum absolute atomic E-state index is 0.0121. The maximum Gasteiger partial charge on any atom is 0.407 e. The third-order valence-corrected chi connectivity index (χ3v) is 10.7. The smallest absolute Gasteiger partial charge is 0.407 e. The third kappa shape index (κ3) is 13.9. The van der Waals surface area contributed by atoms with Crippen LogP contribution in [0.4, 0.5) is 4.79 Å². The second kappa shape index (κ2) is 14.2. The molecule has 4 N–H and O–H groups in total. The van der Waals surface area contributed by atoms with Gasteiger partial charge in [0.2, 0.25) is 5.91 Å². The second-order valence-corrected chi connectivity index (χ2v) is 16.8. The lowest BCUT2D eigenvalue weighted by Crippen LogP contribution is -2.56. The molecule has 0 aliphatic carbocycles. The monoisotopic (exact) mass is 517 g/mol. The summed E-state index contributed by atoms with van der Waals surface area (Å²) in [6.45, 7) is 22.4. The van der Waals surface area contributed by atoms with Gasteiger partial charge in [0.25, 0.3) is 0 Å². The Kier molecular flexibility index (Phi) is 13.5. The van der Waals surface area contributed by atoms with E-state index in [4.69, 9.17) is 9.16 Å². The third-order valence-electron chi connectivity index (χ3n) is 6.18. The van der Waals surface area contributed by atoms with Crippen molar-refractivity contribution in [2.24, 2.45) is 5.92 Å². The molecular formula is C25H51N3O6Si. The maximum atomic E-state index is 12.4. The predicted octanol–water partition coefficient (Wildman–Crippen LogP) is 4.28. The highest BCUT2D eigenvalue weighted by molar-refractivity contribution is 6.74. The molecule has 0 heterocycles. The number of carbonyl (C=O) groups excluding carboxylic acids is 2. The van der Waals surface area contributed by atoms with E-state index in [2.05, 4.69) is 49.8 Å². The minimum Gasteiger partial charge on any atom is -0.480 e. The fourth-order valence-corrected chi connectivity index (χ4v) is 4.41. The van der Waals surface area contributed by atoms with Gasteiger partial charge in [-0.2, -0.15) is 0 Å². The molecule has 0 spiro atoms. The molecule has 0 radical (unpaired) electrons. The number of amides is 2. The summed E-state index contributed by atoms with van der Waals surface area (Å²) >= 11 is 0. The van der Waals surface area contributed by atoms with Gasteiger partial charge < -0.3 is 30.2 Å². The Hall–Kier alpha value is -1.65. The molecule has 9 nitrogen and oxygen atoms in total. The van der Waals surface area contributed by atoms with Crippen LogP contribution in [0.1, 0.15) is 81.6 Å². The number of carboxylic acids is 1. The fourth-order valence-electron chi connectivity index (χ4n) is 2.97. The summed E-state index contributed by atoms with van der Waals surface area (Å²) in [5, 5.41) is 18.5. The van der Waals surface area contributed by atoms with Crippen LogP contribution in [0.2, 0.25) is 18.1 Å². The van der Waals surface area contributed by atoms with Gasteiger partial charge in [0.05, 0.1) is 12.1 Å². The molecule has 0 bridgehead atoms. The first-order valence-corrected chi connectivity index (χ1v) is 15.6. The number of aliphatic carboxylic acids is 1. The molecule has 3 unspecified atom stereocenters. The first-order chi connectivity index (χ1) is 15.8. The zero-order valence-electron chi connectivity index (χ0n) is 23.8. The summed E-state index contributed by atoms with van der Waals surface area (Å²) in [4.78, 5) is 36.0. The van der Waals surface area contributed by atoms with Gasteiger partial charge in [-0.05, 0) is 65.1 Å². The van der Waals surface area contributed by atoms with E-state index < -0.39 is 32.0 Å². The van der Waals surface area contributed by atoms with E-state index >= 15 is 0 Å². The van der Waals surface area contributed by atoms with Crippen molar-refractivity contribution in [2.75, 3.05) is 13.1 Å². The highest BCUT2D eigenvalue weighted by Gasteiger charge is 2.40. The number of carboxylic acid groups (broad SMARTS) is 1. The van der Waals surface area contributed by atoms with Crippen molar-refractivity contribution < 1.29 is 28.7 Å². The van der Waals surface area contributed by atoms with Gasteiger partial charge in [0.15, 0.2) is 8.32 Å². The van der Waals surface area contributed by atoms with Crippen molar-refractivity contribution in [2.45, 2.75) is 123 Å². The molecule has 0 aliphatic heterocycles. The van der Waals surface area contributed by atoms with E-state index in [1.54, 1.807) is 20.8 Å². The van der Waals surface area contributed by atoms with Gasteiger partial charge in [-0.3, -0.25) is 9.59 Å². The SMILES string of the molecule is CC(C)C(=O)NC(CNC(CCCCNC(=O)OC(C)(C)C)C(=O)O)C(C)O[Si](C)(C)C(C)(C)C. The summed E-state index contributed by atoms with van der Waals surface area (Å²) in [6.07, 6.45) is 0.874. The first-order valence-electron chi connectivity index (χ1n) is 12.7. The number of ether oxygens (including phenoxy) is 1. The molecule has 0 rings (SSSR count). The fraction of sp³-hybridized carbons (Fsp3) is 0.880. The van der Waals surface area contributed by atoms with Crippen molar-refractivity contribution in [3.63, 3.8) is 0 Å². The lowest BCUT2D eigenvalue weighted by molar-refractivity contribution is -0.139. The van der Waals surface area contributed by atoms with Crippen LogP contribution in [0.3, 0.4) is 0 Å². The Bertz CT molecular complexity index is 686. The Balaban J connectivity index is 4.98.